The maximum atomic E-state index is 5.49. The lowest BCUT2D eigenvalue weighted by Crippen LogP contribution is -1.96. The van der Waals surface area contributed by atoms with Crippen molar-refractivity contribution in [2.45, 2.75) is 0 Å². The van der Waals surface area contributed by atoms with E-state index in [2.05, 4.69) is 44.4 Å². The van der Waals surface area contributed by atoms with Crippen LogP contribution in [0, 0.1) is 12.3 Å². The van der Waals surface area contributed by atoms with Gasteiger partial charge in [-0.3, -0.25) is 4.98 Å². The quantitative estimate of drug-likeness (QED) is 0.532. The van der Waals surface area contributed by atoms with E-state index in [-0.39, 0.29) is 0 Å². The molecule has 0 saturated heterocycles. The van der Waals surface area contributed by atoms with E-state index in [0.717, 1.165) is 39.1 Å². The van der Waals surface area contributed by atoms with Crippen LogP contribution in [0.15, 0.2) is 73.3 Å². The second-order valence-corrected chi connectivity index (χ2v) is 5.96. The standard InChI is InChI=1S/C23H16N4/c1-2-17-4-3-5-20(14-17)27-23-21-15-19(8-9-22(21)25-16-26-23)7-6-18-10-12-24-13-11-18/h1,3-16H,(H,25,26,27)/b7-6+. The second kappa shape index (κ2) is 7.51. The molecule has 1 N–H and O–H groups in total. The molecule has 2 aromatic heterocycles. The number of hydrogen-bond acceptors (Lipinski definition) is 4. The van der Waals surface area contributed by atoms with E-state index in [4.69, 9.17) is 6.42 Å². The Balaban J connectivity index is 1.69. The molecular formula is C23H16N4. The fourth-order valence-corrected chi connectivity index (χ4v) is 2.77. The van der Waals surface area contributed by atoms with Crippen LogP contribution in [0.25, 0.3) is 23.1 Å². The van der Waals surface area contributed by atoms with Gasteiger partial charge in [-0.15, -0.1) is 6.42 Å². The van der Waals surface area contributed by atoms with Gasteiger partial charge < -0.3 is 5.32 Å². The van der Waals surface area contributed by atoms with Gasteiger partial charge in [0, 0.05) is 29.0 Å². The highest BCUT2D eigenvalue weighted by atomic mass is 15.0. The van der Waals surface area contributed by atoms with Gasteiger partial charge in [0.2, 0.25) is 0 Å². The Hall–Kier alpha value is -3.97. The Morgan fingerprint density at radius 3 is 2.59 bits per heavy atom. The zero-order valence-corrected chi connectivity index (χ0v) is 14.5. The Labute approximate surface area is 157 Å². The van der Waals surface area contributed by atoms with Gasteiger partial charge >= 0.3 is 0 Å². The molecule has 4 heteroatoms. The van der Waals surface area contributed by atoms with E-state index < -0.39 is 0 Å². The van der Waals surface area contributed by atoms with Crippen LogP contribution in [0.3, 0.4) is 0 Å². The molecule has 27 heavy (non-hydrogen) atoms. The van der Waals surface area contributed by atoms with Crippen LogP contribution in [0.4, 0.5) is 11.5 Å². The molecule has 0 amide bonds. The summed E-state index contributed by atoms with van der Waals surface area (Å²) in [5.41, 5.74) is 4.75. The molecule has 0 atom stereocenters. The molecule has 2 heterocycles. The van der Waals surface area contributed by atoms with E-state index in [0.29, 0.717) is 0 Å². The molecule has 0 unspecified atom stereocenters. The molecular weight excluding hydrogens is 332 g/mol. The van der Waals surface area contributed by atoms with Gasteiger partial charge in [0.25, 0.3) is 0 Å². The summed E-state index contributed by atoms with van der Waals surface area (Å²) >= 11 is 0. The van der Waals surface area contributed by atoms with Crippen LogP contribution in [-0.4, -0.2) is 15.0 Å². The lowest BCUT2D eigenvalue weighted by Gasteiger charge is -2.09. The number of nitrogens with zero attached hydrogens (tertiary/aromatic N) is 3. The van der Waals surface area contributed by atoms with Crippen LogP contribution in [0.2, 0.25) is 0 Å². The summed E-state index contributed by atoms with van der Waals surface area (Å²) in [7, 11) is 0. The third kappa shape index (κ3) is 3.83. The van der Waals surface area contributed by atoms with E-state index in [9.17, 15) is 0 Å². The summed E-state index contributed by atoms with van der Waals surface area (Å²) in [6.45, 7) is 0. The van der Waals surface area contributed by atoms with Crippen molar-refractivity contribution in [2.75, 3.05) is 5.32 Å². The summed E-state index contributed by atoms with van der Waals surface area (Å²) < 4.78 is 0. The van der Waals surface area contributed by atoms with Crippen molar-refractivity contribution < 1.29 is 0 Å². The maximum Gasteiger partial charge on any atom is 0.141 e. The van der Waals surface area contributed by atoms with Crippen molar-refractivity contribution in [1.29, 1.82) is 0 Å². The molecule has 4 aromatic rings. The number of benzene rings is 2. The van der Waals surface area contributed by atoms with Crippen molar-refractivity contribution in [3.63, 3.8) is 0 Å². The van der Waals surface area contributed by atoms with E-state index >= 15 is 0 Å². The van der Waals surface area contributed by atoms with Gasteiger partial charge in [0.05, 0.1) is 5.52 Å². The monoisotopic (exact) mass is 348 g/mol. The molecule has 0 aliphatic heterocycles. The summed E-state index contributed by atoms with van der Waals surface area (Å²) in [5.74, 6) is 3.39. The average molecular weight is 348 g/mol. The van der Waals surface area contributed by atoms with Gasteiger partial charge in [0.15, 0.2) is 0 Å². The molecule has 4 nitrogen and oxygen atoms in total. The number of terminal acetylenes is 1. The highest BCUT2D eigenvalue weighted by molar-refractivity contribution is 5.92. The third-order valence-corrected chi connectivity index (χ3v) is 4.13. The number of pyridine rings is 1. The minimum absolute atomic E-state index is 0.744. The molecule has 0 aliphatic rings. The van der Waals surface area contributed by atoms with E-state index in [1.807, 2.05) is 48.5 Å². The van der Waals surface area contributed by atoms with Crippen molar-refractivity contribution in [3.8, 4) is 12.3 Å². The van der Waals surface area contributed by atoms with Crippen molar-refractivity contribution >= 4 is 34.6 Å². The van der Waals surface area contributed by atoms with Gasteiger partial charge in [-0.1, -0.05) is 30.2 Å². The highest BCUT2D eigenvalue weighted by Crippen LogP contribution is 2.25. The predicted molar refractivity (Wildman–Crippen MR) is 110 cm³/mol. The smallest absolute Gasteiger partial charge is 0.141 e. The normalized spacial score (nSPS) is 10.8. The lowest BCUT2D eigenvalue weighted by molar-refractivity contribution is 1.22. The summed E-state index contributed by atoms with van der Waals surface area (Å²) in [6, 6.07) is 17.7. The molecule has 4 rings (SSSR count). The van der Waals surface area contributed by atoms with Crippen LogP contribution in [-0.2, 0) is 0 Å². The van der Waals surface area contributed by atoms with Crippen LogP contribution in [0.5, 0.6) is 0 Å². The first-order valence-electron chi connectivity index (χ1n) is 8.48. The number of fused-ring (bicyclic) bond motifs is 1. The highest BCUT2D eigenvalue weighted by Gasteiger charge is 2.05. The molecule has 0 aliphatic carbocycles. The third-order valence-electron chi connectivity index (χ3n) is 4.13. The number of rotatable bonds is 4. The zero-order valence-electron chi connectivity index (χ0n) is 14.5. The Morgan fingerprint density at radius 2 is 1.74 bits per heavy atom. The molecule has 0 bridgehead atoms. The summed E-state index contributed by atoms with van der Waals surface area (Å²) in [4.78, 5) is 12.8. The molecule has 0 radical (unpaired) electrons. The predicted octanol–water partition coefficient (Wildman–Crippen LogP) is 4.92. The Morgan fingerprint density at radius 1 is 0.889 bits per heavy atom. The number of nitrogens with one attached hydrogen (secondary N) is 1. The zero-order chi connectivity index (χ0) is 18.5. The average Bonchev–Trinajstić information content (AvgIpc) is 2.73. The molecule has 0 spiro atoms. The topological polar surface area (TPSA) is 50.7 Å². The fourth-order valence-electron chi connectivity index (χ4n) is 2.77. The lowest BCUT2D eigenvalue weighted by atomic mass is 10.1. The number of aromatic nitrogens is 3. The van der Waals surface area contributed by atoms with E-state index in [1.165, 1.54) is 0 Å². The van der Waals surface area contributed by atoms with Crippen molar-refractivity contribution in [2.24, 2.45) is 0 Å². The summed E-state index contributed by atoms with van der Waals surface area (Å²) in [5, 5.41) is 4.29. The first-order chi connectivity index (χ1) is 13.3. The Bertz CT molecular complexity index is 1160. The van der Waals surface area contributed by atoms with Crippen LogP contribution >= 0.6 is 0 Å². The largest absolute Gasteiger partial charge is 0.340 e. The van der Waals surface area contributed by atoms with E-state index in [1.54, 1.807) is 18.7 Å². The first kappa shape index (κ1) is 16.5. The molecule has 0 fully saturated rings. The van der Waals surface area contributed by atoms with Gasteiger partial charge in [-0.25, -0.2) is 9.97 Å². The van der Waals surface area contributed by atoms with Gasteiger partial charge in [0.1, 0.15) is 12.1 Å². The molecule has 2 aromatic carbocycles. The maximum absolute atomic E-state index is 5.49. The minimum atomic E-state index is 0.744. The molecule has 0 saturated carbocycles. The minimum Gasteiger partial charge on any atom is -0.340 e. The number of anilines is 2. The number of hydrogen-bond donors (Lipinski definition) is 1. The summed E-state index contributed by atoms with van der Waals surface area (Å²) in [6.07, 6.45) is 14.7. The van der Waals surface area contributed by atoms with Crippen molar-refractivity contribution in [3.05, 3.63) is 90.0 Å². The fraction of sp³-hybridized carbons (Fsp3) is 0. The second-order valence-electron chi connectivity index (χ2n) is 5.96. The van der Waals surface area contributed by atoms with Crippen LogP contribution in [0.1, 0.15) is 16.7 Å². The first-order valence-corrected chi connectivity index (χ1v) is 8.48. The SMILES string of the molecule is C#Cc1cccc(Nc2ncnc3ccc(/C=C/c4ccncc4)cc23)c1. The van der Waals surface area contributed by atoms with Crippen molar-refractivity contribution in [1.82, 2.24) is 15.0 Å². The van der Waals surface area contributed by atoms with Gasteiger partial charge in [-0.05, 0) is 53.6 Å². The molecule has 128 valence electrons. The van der Waals surface area contributed by atoms with Crippen LogP contribution < -0.4 is 5.32 Å². The Kier molecular flexibility index (Phi) is 4.59. The van der Waals surface area contributed by atoms with Gasteiger partial charge in [-0.2, -0.15) is 0 Å².